The molecule has 0 heterocycles. The Kier molecular flexibility index (Phi) is 4.53. The van der Waals surface area contributed by atoms with Crippen molar-refractivity contribution < 1.29 is 13.5 Å². The first kappa shape index (κ1) is 15.4. The number of phenolic OH excluding ortho intramolecular Hbond substituents is 1. The highest BCUT2D eigenvalue weighted by Gasteiger charge is 2.15. The Balaban J connectivity index is 2.25. The monoisotopic (exact) mass is 305 g/mol. The number of rotatable bonds is 5. The van der Waals surface area contributed by atoms with Crippen LogP contribution in [0.3, 0.4) is 0 Å². The van der Waals surface area contributed by atoms with Crippen molar-refractivity contribution in [3.63, 3.8) is 0 Å². The predicted molar refractivity (Wildman–Crippen MR) is 84.1 cm³/mol. The lowest BCUT2D eigenvalue weighted by molar-refractivity contribution is 0.475. The van der Waals surface area contributed by atoms with Crippen LogP contribution in [0, 0.1) is 6.92 Å². The number of phenols is 1. The minimum Gasteiger partial charge on any atom is -0.508 e. The van der Waals surface area contributed by atoms with Crippen LogP contribution < -0.4 is 4.72 Å². The maximum Gasteiger partial charge on any atom is 0.261 e. The van der Waals surface area contributed by atoms with Gasteiger partial charge in [0.15, 0.2) is 0 Å². The molecule has 21 heavy (non-hydrogen) atoms. The fraction of sp³-hybridized carbons (Fsp3) is 0.250. The summed E-state index contributed by atoms with van der Waals surface area (Å²) in [4.78, 5) is 0.231. The van der Waals surface area contributed by atoms with E-state index in [1.165, 1.54) is 12.1 Å². The quantitative estimate of drug-likeness (QED) is 0.831. The van der Waals surface area contributed by atoms with Crippen LogP contribution in [0.15, 0.2) is 47.4 Å². The van der Waals surface area contributed by atoms with Gasteiger partial charge in [-0.1, -0.05) is 25.5 Å². The summed E-state index contributed by atoms with van der Waals surface area (Å²) in [6.45, 7) is 3.82. The average molecular weight is 305 g/mol. The van der Waals surface area contributed by atoms with E-state index in [-0.39, 0.29) is 10.6 Å². The zero-order valence-corrected chi connectivity index (χ0v) is 12.9. The summed E-state index contributed by atoms with van der Waals surface area (Å²) in [5, 5.41) is 9.36. The molecule has 2 aromatic carbocycles. The number of anilines is 1. The van der Waals surface area contributed by atoms with Gasteiger partial charge in [0.05, 0.1) is 10.6 Å². The van der Waals surface area contributed by atoms with Gasteiger partial charge in [0.1, 0.15) is 5.75 Å². The maximum atomic E-state index is 12.3. The smallest absolute Gasteiger partial charge is 0.261 e. The van der Waals surface area contributed by atoms with Crippen molar-refractivity contribution in [2.45, 2.75) is 31.6 Å². The summed E-state index contributed by atoms with van der Waals surface area (Å²) in [5.74, 6) is 0.111. The summed E-state index contributed by atoms with van der Waals surface area (Å²) < 4.78 is 27.2. The Bertz CT molecular complexity index is 722. The SMILES string of the molecule is CCCc1ccc(S(=O)(=O)Nc2ccc(O)cc2C)cc1. The summed E-state index contributed by atoms with van der Waals surface area (Å²) in [5.41, 5.74) is 2.25. The van der Waals surface area contributed by atoms with Crippen molar-refractivity contribution in [3.8, 4) is 5.75 Å². The van der Waals surface area contributed by atoms with Gasteiger partial charge in [0.25, 0.3) is 10.0 Å². The summed E-state index contributed by atoms with van der Waals surface area (Å²) in [6.07, 6.45) is 1.96. The summed E-state index contributed by atoms with van der Waals surface area (Å²) in [6, 6.07) is 11.4. The van der Waals surface area contributed by atoms with Gasteiger partial charge >= 0.3 is 0 Å². The van der Waals surface area contributed by atoms with Crippen LogP contribution in [0.25, 0.3) is 0 Å². The number of hydrogen-bond acceptors (Lipinski definition) is 3. The Labute approximate surface area is 125 Å². The van der Waals surface area contributed by atoms with Gasteiger partial charge in [-0.05, 0) is 54.8 Å². The molecule has 0 spiro atoms. The van der Waals surface area contributed by atoms with Crippen molar-refractivity contribution in [2.24, 2.45) is 0 Å². The molecule has 0 aliphatic carbocycles. The highest BCUT2D eigenvalue weighted by Crippen LogP contribution is 2.23. The third-order valence-corrected chi connectivity index (χ3v) is 4.61. The zero-order valence-electron chi connectivity index (χ0n) is 12.1. The zero-order chi connectivity index (χ0) is 15.5. The molecule has 0 saturated heterocycles. The lowest BCUT2D eigenvalue weighted by Gasteiger charge is -2.11. The van der Waals surface area contributed by atoms with Crippen LogP contribution in [-0.4, -0.2) is 13.5 Å². The normalized spacial score (nSPS) is 11.3. The average Bonchev–Trinajstić information content (AvgIpc) is 2.43. The number of benzene rings is 2. The van der Waals surface area contributed by atoms with E-state index in [1.807, 2.05) is 12.1 Å². The molecule has 2 aromatic rings. The summed E-state index contributed by atoms with van der Waals surface area (Å²) >= 11 is 0. The van der Waals surface area contributed by atoms with Crippen molar-refractivity contribution in [1.82, 2.24) is 0 Å². The van der Waals surface area contributed by atoms with Gasteiger partial charge in [-0.25, -0.2) is 8.42 Å². The topological polar surface area (TPSA) is 66.4 Å². The Morgan fingerprint density at radius 3 is 2.33 bits per heavy atom. The number of aryl methyl sites for hydroxylation is 2. The van der Waals surface area contributed by atoms with Gasteiger partial charge in [-0.15, -0.1) is 0 Å². The first-order valence-corrected chi connectivity index (χ1v) is 8.32. The minimum absolute atomic E-state index is 0.111. The van der Waals surface area contributed by atoms with Crippen LogP contribution >= 0.6 is 0 Å². The molecule has 0 aliphatic heterocycles. The Morgan fingerprint density at radius 2 is 1.76 bits per heavy atom. The number of aromatic hydroxyl groups is 1. The van der Waals surface area contributed by atoms with Gasteiger partial charge in [0, 0.05) is 0 Å². The van der Waals surface area contributed by atoms with E-state index >= 15 is 0 Å². The van der Waals surface area contributed by atoms with Crippen LogP contribution in [0.5, 0.6) is 5.75 Å². The second kappa shape index (κ2) is 6.18. The molecular formula is C16H19NO3S. The molecule has 4 nitrogen and oxygen atoms in total. The van der Waals surface area contributed by atoms with Crippen molar-refractivity contribution >= 4 is 15.7 Å². The molecule has 0 amide bonds. The minimum atomic E-state index is -3.61. The van der Waals surface area contributed by atoms with E-state index in [4.69, 9.17) is 0 Å². The molecule has 2 rings (SSSR count). The molecule has 0 unspecified atom stereocenters. The van der Waals surface area contributed by atoms with Crippen molar-refractivity contribution in [2.75, 3.05) is 4.72 Å². The van der Waals surface area contributed by atoms with Gasteiger partial charge in [-0.2, -0.15) is 0 Å². The van der Waals surface area contributed by atoms with Crippen LogP contribution in [0.1, 0.15) is 24.5 Å². The van der Waals surface area contributed by atoms with Gasteiger partial charge in [0.2, 0.25) is 0 Å². The van der Waals surface area contributed by atoms with E-state index in [0.29, 0.717) is 11.3 Å². The standard InChI is InChI=1S/C16H19NO3S/c1-3-4-13-5-8-15(9-6-13)21(19,20)17-16-10-7-14(18)11-12(16)2/h5-11,17-18H,3-4H2,1-2H3. The van der Waals surface area contributed by atoms with E-state index in [1.54, 1.807) is 25.1 Å². The Morgan fingerprint density at radius 1 is 1.10 bits per heavy atom. The van der Waals surface area contributed by atoms with E-state index < -0.39 is 10.0 Å². The largest absolute Gasteiger partial charge is 0.508 e. The number of sulfonamides is 1. The molecular weight excluding hydrogens is 286 g/mol. The molecule has 112 valence electrons. The fourth-order valence-electron chi connectivity index (χ4n) is 2.09. The third kappa shape index (κ3) is 3.76. The number of nitrogens with one attached hydrogen (secondary N) is 1. The molecule has 0 atom stereocenters. The summed E-state index contributed by atoms with van der Waals surface area (Å²) in [7, 11) is -3.61. The van der Waals surface area contributed by atoms with Crippen molar-refractivity contribution in [3.05, 3.63) is 53.6 Å². The molecule has 5 heteroatoms. The molecule has 0 aromatic heterocycles. The second-order valence-corrected chi connectivity index (χ2v) is 6.68. The maximum absolute atomic E-state index is 12.3. The molecule has 0 bridgehead atoms. The van der Waals surface area contributed by atoms with E-state index in [9.17, 15) is 13.5 Å². The van der Waals surface area contributed by atoms with Gasteiger partial charge in [-0.3, -0.25) is 4.72 Å². The number of hydrogen-bond donors (Lipinski definition) is 2. The molecule has 2 N–H and O–H groups in total. The van der Waals surface area contributed by atoms with Gasteiger partial charge < -0.3 is 5.11 Å². The molecule has 0 saturated carbocycles. The lowest BCUT2D eigenvalue weighted by Crippen LogP contribution is -2.13. The molecule has 0 radical (unpaired) electrons. The van der Waals surface area contributed by atoms with Crippen LogP contribution in [0.2, 0.25) is 0 Å². The predicted octanol–water partition coefficient (Wildman–Crippen LogP) is 3.45. The fourth-order valence-corrected chi connectivity index (χ4v) is 3.22. The third-order valence-electron chi connectivity index (χ3n) is 3.23. The van der Waals surface area contributed by atoms with Crippen LogP contribution in [0.4, 0.5) is 5.69 Å². The highest BCUT2D eigenvalue weighted by molar-refractivity contribution is 7.92. The van der Waals surface area contributed by atoms with Crippen LogP contribution in [-0.2, 0) is 16.4 Å². The highest BCUT2D eigenvalue weighted by atomic mass is 32.2. The van der Waals surface area contributed by atoms with E-state index in [0.717, 1.165) is 18.4 Å². The lowest BCUT2D eigenvalue weighted by atomic mass is 10.1. The second-order valence-electron chi connectivity index (χ2n) is 5.00. The first-order valence-electron chi connectivity index (χ1n) is 6.84. The molecule has 0 aliphatic rings. The van der Waals surface area contributed by atoms with E-state index in [2.05, 4.69) is 11.6 Å². The first-order chi connectivity index (χ1) is 9.92. The molecule has 0 fully saturated rings. The van der Waals surface area contributed by atoms with Crippen molar-refractivity contribution in [1.29, 1.82) is 0 Å². The Hall–Kier alpha value is -2.01.